The summed E-state index contributed by atoms with van der Waals surface area (Å²) in [5.41, 5.74) is 1.36. The van der Waals surface area contributed by atoms with Gasteiger partial charge in [0.1, 0.15) is 0 Å². The number of carbonyl (C=O) groups is 2. The van der Waals surface area contributed by atoms with Crippen LogP contribution in [0.2, 0.25) is 0 Å². The molecule has 0 radical (unpaired) electrons. The maximum atomic E-state index is 12.0. The van der Waals surface area contributed by atoms with Gasteiger partial charge in [0.05, 0.1) is 6.42 Å². The Morgan fingerprint density at radius 3 is 2.27 bits per heavy atom. The number of carbonyl (C=O) groups excluding carboxylic acids is 1. The van der Waals surface area contributed by atoms with Crippen molar-refractivity contribution in [1.29, 1.82) is 0 Å². The predicted molar refractivity (Wildman–Crippen MR) is 126 cm³/mol. The summed E-state index contributed by atoms with van der Waals surface area (Å²) in [5, 5.41) is 11.7. The highest BCUT2D eigenvalue weighted by molar-refractivity contribution is 5.90. The zero-order valence-corrected chi connectivity index (χ0v) is 18.6. The summed E-state index contributed by atoms with van der Waals surface area (Å²) in [6.45, 7) is 2.23. The molecule has 0 aliphatic heterocycles. The SMILES string of the molecule is CCCCC/C=C/C/C=C/CCCCCCCC(=O)Nc1cccc(CC(=O)O)c1. The molecular weight excluding hydrogens is 374 g/mol. The van der Waals surface area contributed by atoms with Gasteiger partial charge in [-0.1, -0.05) is 75.5 Å². The van der Waals surface area contributed by atoms with Crippen LogP contribution in [0.1, 0.15) is 89.5 Å². The Balaban J connectivity index is 2.00. The maximum Gasteiger partial charge on any atom is 0.307 e. The van der Waals surface area contributed by atoms with Crippen molar-refractivity contribution in [3.05, 3.63) is 54.1 Å². The average molecular weight is 414 g/mol. The van der Waals surface area contributed by atoms with Crippen molar-refractivity contribution in [2.45, 2.75) is 90.4 Å². The molecule has 1 aromatic rings. The van der Waals surface area contributed by atoms with Crippen molar-refractivity contribution >= 4 is 17.6 Å². The first-order valence-electron chi connectivity index (χ1n) is 11.5. The first-order chi connectivity index (χ1) is 14.6. The van der Waals surface area contributed by atoms with E-state index in [1.54, 1.807) is 24.3 Å². The highest BCUT2D eigenvalue weighted by Gasteiger charge is 2.05. The molecular formula is C26H39NO3. The Morgan fingerprint density at radius 1 is 0.900 bits per heavy atom. The van der Waals surface area contributed by atoms with Crippen LogP contribution in [0.4, 0.5) is 5.69 Å². The maximum absolute atomic E-state index is 12.0. The normalized spacial score (nSPS) is 11.4. The van der Waals surface area contributed by atoms with Crippen LogP contribution >= 0.6 is 0 Å². The molecule has 0 spiro atoms. The Kier molecular flexibility index (Phi) is 15.0. The first-order valence-corrected chi connectivity index (χ1v) is 11.5. The number of allylic oxidation sites excluding steroid dienone is 4. The van der Waals surface area contributed by atoms with Gasteiger partial charge in [0.25, 0.3) is 0 Å². The average Bonchev–Trinajstić information content (AvgIpc) is 2.70. The van der Waals surface area contributed by atoms with Gasteiger partial charge in [-0.05, 0) is 56.2 Å². The lowest BCUT2D eigenvalue weighted by molar-refractivity contribution is -0.136. The minimum Gasteiger partial charge on any atom is -0.481 e. The number of unbranched alkanes of at least 4 members (excludes halogenated alkanes) is 8. The third-order valence-corrected chi connectivity index (χ3v) is 4.92. The van der Waals surface area contributed by atoms with Crippen LogP contribution in [0.15, 0.2) is 48.6 Å². The number of hydrogen-bond acceptors (Lipinski definition) is 2. The minimum atomic E-state index is -0.872. The van der Waals surface area contributed by atoms with E-state index in [0.717, 1.165) is 32.1 Å². The molecule has 0 saturated heterocycles. The molecule has 0 heterocycles. The van der Waals surface area contributed by atoms with Crippen LogP contribution in [0.25, 0.3) is 0 Å². The smallest absolute Gasteiger partial charge is 0.307 e. The van der Waals surface area contributed by atoms with Gasteiger partial charge in [0.15, 0.2) is 0 Å². The summed E-state index contributed by atoms with van der Waals surface area (Å²) >= 11 is 0. The van der Waals surface area contributed by atoms with E-state index in [9.17, 15) is 9.59 Å². The summed E-state index contributed by atoms with van der Waals surface area (Å²) < 4.78 is 0. The van der Waals surface area contributed by atoms with E-state index in [1.165, 1.54) is 38.5 Å². The second-order valence-electron chi connectivity index (χ2n) is 7.80. The lowest BCUT2D eigenvalue weighted by atomic mass is 10.1. The van der Waals surface area contributed by atoms with Gasteiger partial charge in [-0.2, -0.15) is 0 Å². The van der Waals surface area contributed by atoms with Crippen LogP contribution in [0, 0.1) is 0 Å². The lowest BCUT2D eigenvalue weighted by Crippen LogP contribution is -2.11. The topological polar surface area (TPSA) is 66.4 Å². The van der Waals surface area contributed by atoms with Crippen molar-refractivity contribution in [2.75, 3.05) is 5.32 Å². The van der Waals surface area contributed by atoms with Gasteiger partial charge >= 0.3 is 5.97 Å². The highest BCUT2D eigenvalue weighted by atomic mass is 16.4. The Bertz CT molecular complexity index is 664. The molecule has 30 heavy (non-hydrogen) atoms. The monoisotopic (exact) mass is 413 g/mol. The molecule has 0 bridgehead atoms. The van der Waals surface area contributed by atoms with Gasteiger partial charge in [0.2, 0.25) is 5.91 Å². The van der Waals surface area contributed by atoms with E-state index in [0.29, 0.717) is 17.7 Å². The number of anilines is 1. The number of benzene rings is 1. The second-order valence-corrected chi connectivity index (χ2v) is 7.80. The van der Waals surface area contributed by atoms with Gasteiger partial charge in [-0.25, -0.2) is 0 Å². The van der Waals surface area contributed by atoms with Crippen LogP contribution in [-0.4, -0.2) is 17.0 Å². The van der Waals surface area contributed by atoms with Crippen molar-refractivity contribution in [3.8, 4) is 0 Å². The molecule has 0 fully saturated rings. The van der Waals surface area contributed by atoms with E-state index in [4.69, 9.17) is 5.11 Å². The highest BCUT2D eigenvalue weighted by Crippen LogP contribution is 2.13. The molecule has 1 amide bonds. The number of nitrogens with one attached hydrogen (secondary N) is 1. The molecule has 0 aliphatic rings. The fraction of sp³-hybridized carbons (Fsp3) is 0.538. The molecule has 0 aromatic heterocycles. The molecule has 0 aliphatic carbocycles. The fourth-order valence-corrected chi connectivity index (χ4v) is 3.25. The molecule has 0 unspecified atom stereocenters. The zero-order valence-electron chi connectivity index (χ0n) is 18.6. The van der Waals surface area contributed by atoms with Crippen LogP contribution < -0.4 is 5.32 Å². The van der Waals surface area contributed by atoms with Crippen molar-refractivity contribution in [2.24, 2.45) is 0 Å². The van der Waals surface area contributed by atoms with Gasteiger partial charge in [-0.15, -0.1) is 0 Å². The summed E-state index contributed by atoms with van der Waals surface area (Å²) in [4.78, 5) is 22.8. The van der Waals surface area contributed by atoms with Gasteiger partial charge in [-0.3, -0.25) is 9.59 Å². The largest absolute Gasteiger partial charge is 0.481 e. The van der Waals surface area contributed by atoms with Gasteiger partial charge < -0.3 is 10.4 Å². The Morgan fingerprint density at radius 2 is 1.57 bits per heavy atom. The third kappa shape index (κ3) is 14.6. The van der Waals surface area contributed by atoms with E-state index in [2.05, 4.69) is 36.5 Å². The molecule has 0 atom stereocenters. The third-order valence-electron chi connectivity index (χ3n) is 4.92. The number of carboxylic acid groups (broad SMARTS) is 1. The summed E-state index contributed by atoms with van der Waals surface area (Å²) in [6, 6.07) is 7.04. The Labute approximate surface area is 182 Å². The molecule has 1 rings (SSSR count). The zero-order chi connectivity index (χ0) is 21.9. The van der Waals surface area contributed by atoms with Crippen LogP contribution in [-0.2, 0) is 16.0 Å². The quantitative estimate of drug-likeness (QED) is 0.212. The minimum absolute atomic E-state index is 0.00634. The lowest BCUT2D eigenvalue weighted by Gasteiger charge is -2.07. The van der Waals surface area contributed by atoms with E-state index < -0.39 is 5.97 Å². The molecule has 2 N–H and O–H groups in total. The number of hydrogen-bond donors (Lipinski definition) is 2. The molecule has 0 saturated carbocycles. The fourth-order valence-electron chi connectivity index (χ4n) is 3.25. The number of amides is 1. The van der Waals surface area contributed by atoms with Crippen molar-refractivity contribution < 1.29 is 14.7 Å². The van der Waals surface area contributed by atoms with E-state index in [-0.39, 0.29) is 12.3 Å². The van der Waals surface area contributed by atoms with E-state index in [1.807, 2.05) is 0 Å². The summed E-state index contributed by atoms with van der Waals surface area (Å²) in [6.07, 6.45) is 22.4. The van der Waals surface area contributed by atoms with Gasteiger partial charge in [0, 0.05) is 12.1 Å². The van der Waals surface area contributed by atoms with Crippen LogP contribution in [0.3, 0.4) is 0 Å². The number of carboxylic acids is 1. The molecule has 166 valence electrons. The van der Waals surface area contributed by atoms with Crippen molar-refractivity contribution in [3.63, 3.8) is 0 Å². The van der Waals surface area contributed by atoms with E-state index >= 15 is 0 Å². The number of rotatable bonds is 17. The molecule has 1 aromatic carbocycles. The number of aliphatic carboxylic acids is 1. The molecule has 4 nitrogen and oxygen atoms in total. The van der Waals surface area contributed by atoms with Crippen LogP contribution in [0.5, 0.6) is 0 Å². The Hall–Kier alpha value is -2.36. The molecule has 4 heteroatoms. The first kappa shape index (κ1) is 25.7. The second kappa shape index (κ2) is 17.5. The standard InChI is InChI=1S/C26H39NO3/c1-2-3-4-5-6-7-8-9-10-11-12-13-14-15-16-20-25(28)27-24-19-17-18-23(21-24)22-26(29)30/h6-7,9-10,17-19,21H,2-5,8,11-16,20,22H2,1H3,(H,27,28)(H,29,30)/b7-6+,10-9+. The summed E-state index contributed by atoms with van der Waals surface area (Å²) in [7, 11) is 0. The van der Waals surface area contributed by atoms with Crippen molar-refractivity contribution in [1.82, 2.24) is 0 Å². The predicted octanol–water partition coefficient (Wildman–Crippen LogP) is 7.07. The summed E-state index contributed by atoms with van der Waals surface area (Å²) in [5.74, 6) is -0.878.